The van der Waals surface area contributed by atoms with Gasteiger partial charge in [-0.25, -0.2) is 0 Å². The molecule has 2 aromatic rings. The van der Waals surface area contributed by atoms with E-state index in [2.05, 4.69) is 20.5 Å². The first-order valence-electron chi connectivity index (χ1n) is 9.07. The van der Waals surface area contributed by atoms with Gasteiger partial charge in [-0.3, -0.25) is 9.78 Å². The lowest BCUT2D eigenvalue weighted by Crippen LogP contribution is -2.44. The third-order valence-corrected chi connectivity index (χ3v) is 4.57. The number of carbonyl (C=O) groups is 1. The molecule has 0 unspecified atom stereocenters. The molecule has 0 bridgehead atoms. The molecule has 0 atom stereocenters. The lowest BCUT2D eigenvalue weighted by atomic mass is 10.1. The number of hydrogen-bond donors (Lipinski definition) is 2. The molecule has 1 saturated heterocycles. The second kappa shape index (κ2) is 12.6. The number of benzene rings is 1. The monoisotopic (exact) mass is 426 g/mol. The van der Waals surface area contributed by atoms with E-state index >= 15 is 0 Å². The van der Waals surface area contributed by atoms with Crippen molar-refractivity contribution in [3.05, 3.63) is 48.3 Å². The van der Waals surface area contributed by atoms with Gasteiger partial charge in [0.2, 0.25) is 0 Å². The molecular formula is C20H28Cl2N4O2. The summed E-state index contributed by atoms with van der Waals surface area (Å²) in [4.78, 5) is 19.0. The number of pyridine rings is 1. The quantitative estimate of drug-likeness (QED) is 0.666. The molecule has 0 aliphatic carbocycles. The van der Waals surface area contributed by atoms with Gasteiger partial charge in [-0.05, 0) is 36.7 Å². The number of methoxy groups -OCH3 is 1. The van der Waals surface area contributed by atoms with E-state index in [1.54, 1.807) is 19.5 Å². The van der Waals surface area contributed by atoms with Gasteiger partial charge < -0.3 is 20.3 Å². The number of nitrogens with zero attached hydrogens (tertiary/aromatic N) is 2. The zero-order valence-electron chi connectivity index (χ0n) is 16.0. The van der Waals surface area contributed by atoms with Crippen LogP contribution in [0.15, 0.2) is 42.7 Å². The minimum atomic E-state index is -0.0758. The van der Waals surface area contributed by atoms with Crippen molar-refractivity contribution in [3.8, 4) is 16.9 Å². The Labute approximate surface area is 178 Å². The molecule has 1 aromatic heterocycles. The van der Waals surface area contributed by atoms with E-state index in [4.69, 9.17) is 4.74 Å². The number of halogens is 2. The number of hydrogen-bond acceptors (Lipinski definition) is 5. The van der Waals surface area contributed by atoms with Crippen LogP contribution in [0, 0.1) is 0 Å². The third-order valence-electron chi connectivity index (χ3n) is 4.57. The Morgan fingerprint density at radius 2 is 1.86 bits per heavy atom. The maximum absolute atomic E-state index is 12.4. The number of piperazine rings is 1. The lowest BCUT2D eigenvalue weighted by Gasteiger charge is -2.27. The first-order valence-corrected chi connectivity index (χ1v) is 9.07. The average Bonchev–Trinajstić information content (AvgIpc) is 2.72. The molecule has 3 rings (SSSR count). The molecule has 1 amide bonds. The van der Waals surface area contributed by atoms with Gasteiger partial charge in [0.1, 0.15) is 5.75 Å². The van der Waals surface area contributed by atoms with E-state index in [9.17, 15) is 4.79 Å². The fraction of sp³-hybridized carbons (Fsp3) is 0.400. The van der Waals surface area contributed by atoms with Gasteiger partial charge in [-0.1, -0.05) is 12.1 Å². The fourth-order valence-electron chi connectivity index (χ4n) is 3.05. The topological polar surface area (TPSA) is 66.5 Å². The smallest absolute Gasteiger partial charge is 0.252 e. The van der Waals surface area contributed by atoms with E-state index in [0.717, 1.165) is 56.0 Å². The number of rotatable bonds is 7. The van der Waals surface area contributed by atoms with E-state index in [1.165, 1.54) is 0 Å². The van der Waals surface area contributed by atoms with Gasteiger partial charge in [-0.15, -0.1) is 24.8 Å². The molecule has 1 fully saturated rings. The Morgan fingerprint density at radius 1 is 1.14 bits per heavy atom. The lowest BCUT2D eigenvalue weighted by molar-refractivity contribution is 0.0951. The molecule has 2 heterocycles. The van der Waals surface area contributed by atoms with Crippen LogP contribution in [0.5, 0.6) is 5.75 Å². The SMILES string of the molecule is COc1ccc(-c2cncc(C(=O)NCCCN3CCNCC3)c2)cc1.Cl.Cl. The highest BCUT2D eigenvalue weighted by molar-refractivity contribution is 5.95. The highest BCUT2D eigenvalue weighted by Gasteiger charge is 2.10. The molecule has 0 spiro atoms. The van der Waals surface area contributed by atoms with Gasteiger partial charge in [0.15, 0.2) is 0 Å². The number of carbonyl (C=O) groups excluding carboxylic acids is 1. The van der Waals surface area contributed by atoms with Crippen LogP contribution < -0.4 is 15.4 Å². The molecule has 1 aliphatic heterocycles. The first kappa shape index (κ1) is 24.2. The maximum Gasteiger partial charge on any atom is 0.252 e. The summed E-state index contributed by atoms with van der Waals surface area (Å²) in [6.45, 7) is 5.97. The van der Waals surface area contributed by atoms with Crippen molar-refractivity contribution >= 4 is 30.7 Å². The molecule has 28 heavy (non-hydrogen) atoms. The summed E-state index contributed by atoms with van der Waals surface area (Å²) in [5.41, 5.74) is 2.51. The Bertz CT molecular complexity index is 722. The minimum absolute atomic E-state index is 0. The Morgan fingerprint density at radius 3 is 2.54 bits per heavy atom. The number of amides is 1. The van der Waals surface area contributed by atoms with Crippen LogP contribution in [-0.2, 0) is 0 Å². The number of ether oxygens (including phenoxy) is 1. The number of nitrogens with one attached hydrogen (secondary N) is 2. The fourth-order valence-corrected chi connectivity index (χ4v) is 3.05. The Balaban J connectivity index is 0.00000196. The second-order valence-electron chi connectivity index (χ2n) is 6.39. The predicted octanol–water partition coefficient (Wildman–Crippen LogP) is 2.63. The normalized spacial score (nSPS) is 13.8. The molecule has 1 aliphatic rings. The molecule has 0 saturated carbocycles. The largest absolute Gasteiger partial charge is 0.497 e. The minimum Gasteiger partial charge on any atom is -0.497 e. The first-order chi connectivity index (χ1) is 12.8. The van der Waals surface area contributed by atoms with Gasteiger partial charge >= 0.3 is 0 Å². The summed E-state index contributed by atoms with van der Waals surface area (Å²) in [6.07, 6.45) is 4.33. The van der Waals surface area contributed by atoms with Crippen molar-refractivity contribution < 1.29 is 9.53 Å². The second-order valence-corrected chi connectivity index (χ2v) is 6.39. The predicted molar refractivity (Wildman–Crippen MR) is 117 cm³/mol. The highest BCUT2D eigenvalue weighted by Crippen LogP contribution is 2.22. The van der Waals surface area contributed by atoms with Crippen molar-refractivity contribution in [2.24, 2.45) is 0 Å². The van der Waals surface area contributed by atoms with Crippen LogP contribution in [0.3, 0.4) is 0 Å². The summed E-state index contributed by atoms with van der Waals surface area (Å²) >= 11 is 0. The summed E-state index contributed by atoms with van der Waals surface area (Å²) in [5, 5.41) is 6.34. The van der Waals surface area contributed by atoms with Crippen LogP contribution in [0.25, 0.3) is 11.1 Å². The molecule has 6 nitrogen and oxygen atoms in total. The Hall–Kier alpha value is -1.86. The van der Waals surface area contributed by atoms with Crippen molar-refractivity contribution in [1.29, 1.82) is 0 Å². The van der Waals surface area contributed by atoms with Crippen LogP contribution in [0.4, 0.5) is 0 Å². The van der Waals surface area contributed by atoms with Crippen molar-refractivity contribution in [1.82, 2.24) is 20.5 Å². The van der Waals surface area contributed by atoms with Crippen molar-refractivity contribution in [2.45, 2.75) is 6.42 Å². The van der Waals surface area contributed by atoms with Crippen LogP contribution in [0.2, 0.25) is 0 Å². The van der Waals surface area contributed by atoms with Gasteiger partial charge in [0.05, 0.1) is 12.7 Å². The molecule has 0 radical (unpaired) electrons. The zero-order valence-corrected chi connectivity index (χ0v) is 17.7. The van der Waals surface area contributed by atoms with Crippen molar-refractivity contribution in [3.63, 3.8) is 0 Å². The van der Waals surface area contributed by atoms with Crippen LogP contribution in [0.1, 0.15) is 16.8 Å². The van der Waals surface area contributed by atoms with E-state index in [1.807, 2.05) is 30.3 Å². The summed E-state index contributed by atoms with van der Waals surface area (Å²) in [7, 11) is 1.64. The average molecular weight is 427 g/mol. The Kier molecular flexibility index (Phi) is 10.9. The number of aromatic nitrogens is 1. The van der Waals surface area contributed by atoms with Gasteiger partial charge in [0, 0.05) is 50.7 Å². The zero-order chi connectivity index (χ0) is 18.2. The summed E-state index contributed by atoms with van der Waals surface area (Å²) in [5.74, 6) is 0.730. The molecule has 154 valence electrons. The summed E-state index contributed by atoms with van der Waals surface area (Å²) in [6, 6.07) is 9.60. The van der Waals surface area contributed by atoms with Crippen LogP contribution >= 0.6 is 24.8 Å². The van der Waals surface area contributed by atoms with E-state index < -0.39 is 0 Å². The van der Waals surface area contributed by atoms with Crippen molar-refractivity contribution in [2.75, 3.05) is 46.4 Å². The summed E-state index contributed by atoms with van der Waals surface area (Å²) < 4.78 is 5.18. The maximum atomic E-state index is 12.4. The van der Waals surface area contributed by atoms with E-state index in [-0.39, 0.29) is 30.7 Å². The van der Waals surface area contributed by atoms with Gasteiger partial charge in [-0.2, -0.15) is 0 Å². The standard InChI is InChI=1S/C20H26N4O2.2ClH/c1-26-19-5-3-16(4-6-19)17-13-18(15-22-14-17)20(25)23-7-2-10-24-11-8-21-9-12-24;;/h3-6,13-15,21H,2,7-12H2,1H3,(H,23,25);2*1H. The molecule has 1 aromatic carbocycles. The molecular weight excluding hydrogens is 399 g/mol. The van der Waals surface area contributed by atoms with Crippen LogP contribution in [-0.4, -0.2) is 62.2 Å². The highest BCUT2D eigenvalue weighted by atomic mass is 35.5. The third kappa shape index (κ3) is 6.95. The van der Waals surface area contributed by atoms with Gasteiger partial charge in [0.25, 0.3) is 5.91 Å². The van der Waals surface area contributed by atoms with E-state index in [0.29, 0.717) is 12.1 Å². The molecule has 2 N–H and O–H groups in total. The molecule has 8 heteroatoms.